The van der Waals surface area contributed by atoms with E-state index in [4.69, 9.17) is 11.1 Å². The highest BCUT2D eigenvalue weighted by Crippen LogP contribution is 2.40. The third-order valence-corrected chi connectivity index (χ3v) is 5.56. The fourth-order valence-corrected chi connectivity index (χ4v) is 3.74. The molecule has 0 aromatic heterocycles. The summed E-state index contributed by atoms with van der Waals surface area (Å²) >= 11 is 3.62. The van der Waals surface area contributed by atoms with Crippen LogP contribution in [0.25, 0.3) is 0 Å². The van der Waals surface area contributed by atoms with Gasteiger partial charge in [-0.1, -0.05) is 26.7 Å². The lowest BCUT2D eigenvalue weighted by Crippen LogP contribution is -2.39. The number of nitrogen functional groups attached to an aromatic ring is 1. The van der Waals surface area contributed by atoms with Crippen LogP contribution in [-0.4, -0.2) is 18.9 Å². The van der Waals surface area contributed by atoms with Crippen molar-refractivity contribution >= 4 is 27.5 Å². The maximum atomic E-state index is 7.49. The summed E-state index contributed by atoms with van der Waals surface area (Å²) in [4.78, 5) is 2.44. The van der Waals surface area contributed by atoms with Crippen LogP contribution in [0.3, 0.4) is 0 Å². The second kappa shape index (κ2) is 6.17. The van der Waals surface area contributed by atoms with Crippen molar-refractivity contribution in [2.24, 2.45) is 11.1 Å². The van der Waals surface area contributed by atoms with Gasteiger partial charge in [-0.05, 0) is 52.4 Å². The predicted octanol–water partition coefficient (Wildman–Crippen LogP) is 4.14. The van der Waals surface area contributed by atoms with Gasteiger partial charge in [0.15, 0.2) is 0 Å². The topological polar surface area (TPSA) is 53.1 Å². The molecule has 0 radical (unpaired) electrons. The molecule has 0 aliphatic carbocycles. The smallest absolute Gasteiger partial charge is 0.122 e. The van der Waals surface area contributed by atoms with Crippen molar-refractivity contribution in [1.29, 1.82) is 5.41 Å². The molecule has 2 rings (SSSR count). The largest absolute Gasteiger partial charge is 0.384 e. The van der Waals surface area contributed by atoms with Gasteiger partial charge in [0.1, 0.15) is 5.84 Å². The summed E-state index contributed by atoms with van der Waals surface area (Å²) in [6.07, 6.45) is 5.09. The molecule has 3 N–H and O–H groups in total. The molecule has 1 aliphatic heterocycles. The van der Waals surface area contributed by atoms with Gasteiger partial charge in [0.2, 0.25) is 0 Å². The van der Waals surface area contributed by atoms with Gasteiger partial charge in [0, 0.05) is 23.1 Å². The van der Waals surface area contributed by atoms with Crippen LogP contribution >= 0.6 is 15.9 Å². The van der Waals surface area contributed by atoms with Crippen LogP contribution in [0.4, 0.5) is 5.69 Å². The van der Waals surface area contributed by atoms with Crippen LogP contribution in [0.2, 0.25) is 0 Å². The van der Waals surface area contributed by atoms with E-state index in [2.05, 4.69) is 40.7 Å². The van der Waals surface area contributed by atoms with E-state index in [1.165, 1.54) is 31.4 Å². The molecule has 1 saturated heterocycles. The minimum absolute atomic E-state index is 0.117. The van der Waals surface area contributed by atoms with Gasteiger partial charge in [0.25, 0.3) is 0 Å². The van der Waals surface area contributed by atoms with Gasteiger partial charge in [-0.3, -0.25) is 5.41 Å². The number of nitrogens with zero attached hydrogens (tertiary/aromatic N) is 1. The molecule has 0 atom stereocenters. The summed E-state index contributed by atoms with van der Waals surface area (Å²) in [5, 5.41) is 7.49. The molecule has 1 aliphatic rings. The SMILES string of the molecule is CCC1(CC)CCN(c2ccc(C(=N)N)cc2Br)CC1. The van der Waals surface area contributed by atoms with E-state index in [9.17, 15) is 0 Å². The summed E-state index contributed by atoms with van der Waals surface area (Å²) in [7, 11) is 0. The molecule has 110 valence electrons. The number of hydrogen-bond acceptors (Lipinski definition) is 2. The zero-order valence-electron chi connectivity index (χ0n) is 12.4. The van der Waals surface area contributed by atoms with Gasteiger partial charge in [0.05, 0.1) is 5.69 Å². The van der Waals surface area contributed by atoms with E-state index in [0.717, 1.165) is 23.1 Å². The molecule has 0 bridgehead atoms. The third kappa shape index (κ3) is 3.00. The highest BCUT2D eigenvalue weighted by Gasteiger charge is 2.31. The van der Waals surface area contributed by atoms with Crippen molar-refractivity contribution in [1.82, 2.24) is 0 Å². The number of piperidine rings is 1. The number of hydrogen-bond donors (Lipinski definition) is 2. The second-order valence-electron chi connectivity index (χ2n) is 5.77. The molecule has 0 spiro atoms. The van der Waals surface area contributed by atoms with E-state index in [0.29, 0.717) is 5.41 Å². The fraction of sp³-hybridized carbons (Fsp3) is 0.562. The number of nitrogens with two attached hydrogens (primary N) is 1. The number of rotatable bonds is 4. The first-order valence-electron chi connectivity index (χ1n) is 7.40. The quantitative estimate of drug-likeness (QED) is 0.640. The number of nitrogens with one attached hydrogen (secondary N) is 1. The van der Waals surface area contributed by atoms with E-state index >= 15 is 0 Å². The van der Waals surface area contributed by atoms with E-state index in [-0.39, 0.29) is 5.84 Å². The molecular formula is C16H24BrN3. The summed E-state index contributed by atoms with van der Waals surface area (Å²) in [6.45, 7) is 6.85. The van der Waals surface area contributed by atoms with Crippen LogP contribution < -0.4 is 10.6 Å². The lowest BCUT2D eigenvalue weighted by molar-refractivity contribution is 0.199. The van der Waals surface area contributed by atoms with E-state index in [1.807, 2.05) is 12.1 Å². The normalized spacial score (nSPS) is 18.1. The molecule has 0 unspecified atom stereocenters. The lowest BCUT2D eigenvalue weighted by atomic mass is 9.74. The summed E-state index contributed by atoms with van der Waals surface area (Å²) in [5.74, 6) is 0.117. The Balaban J connectivity index is 2.13. The highest BCUT2D eigenvalue weighted by molar-refractivity contribution is 9.10. The maximum absolute atomic E-state index is 7.49. The summed E-state index contributed by atoms with van der Waals surface area (Å²) < 4.78 is 1.03. The van der Waals surface area contributed by atoms with Crippen LogP contribution in [-0.2, 0) is 0 Å². The number of benzene rings is 1. The molecule has 1 heterocycles. The van der Waals surface area contributed by atoms with Crippen molar-refractivity contribution in [2.45, 2.75) is 39.5 Å². The Morgan fingerprint density at radius 1 is 1.30 bits per heavy atom. The minimum Gasteiger partial charge on any atom is -0.384 e. The Kier molecular flexibility index (Phi) is 4.74. The molecule has 1 fully saturated rings. The fourth-order valence-electron chi connectivity index (χ4n) is 3.11. The van der Waals surface area contributed by atoms with E-state index in [1.54, 1.807) is 0 Å². The Hall–Kier alpha value is -1.03. The average Bonchev–Trinajstić information content (AvgIpc) is 2.47. The zero-order valence-corrected chi connectivity index (χ0v) is 14.0. The van der Waals surface area contributed by atoms with Gasteiger partial charge < -0.3 is 10.6 Å². The monoisotopic (exact) mass is 337 g/mol. The number of halogens is 1. The lowest BCUT2D eigenvalue weighted by Gasteiger charge is -2.42. The minimum atomic E-state index is 0.117. The van der Waals surface area contributed by atoms with E-state index < -0.39 is 0 Å². The third-order valence-electron chi connectivity index (χ3n) is 4.92. The van der Waals surface area contributed by atoms with Gasteiger partial charge in [-0.25, -0.2) is 0 Å². The van der Waals surface area contributed by atoms with Crippen LogP contribution in [0, 0.1) is 10.8 Å². The first-order valence-corrected chi connectivity index (χ1v) is 8.19. The first-order chi connectivity index (χ1) is 9.51. The standard InChI is InChI=1S/C16H24BrN3/c1-3-16(4-2)7-9-20(10-8-16)14-6-5-12(15(18)19)11-13(14)17/h5-6,11H,3-4,7-10H2,1-2H3,(H3,18,19). The Labute approximate surface area is 130 Å². The summed E-state index contributed by atoms with van der Waals surface area (Å²) in [5.41, 5.74) is 8.07. The van der Waals surface area contributed by atoms with Crippen molar-refractivity contribution in [2.75, 3.05) is 18.0 Å². The molecule has 1 aromatic carbocycles. The molecule has 3 nitrogen and oxygen atoms in total. The predicted molar refractivity (Wildman–Crippen MR) is 89.6 cm³/mol. The highest BCUT2D eigenvalue weighted by atomic mass is 79.9. The van der Waals surface area contributed by atoms with Crippen molar-refractivity contribution < 1.29 is 0 Å². The molecule has 4 heteroatoms. The Bertz CT molecular complexity index is 484. The van der Waals surface area contributed by atoms with Gasteiger partial charge in [-0.15, -0.1) is 0 Å². The Morgan fingerprint density at radius 3 is 2.35 bits per heavy atom. The Morgan fingerprint density at radius 2 is 1.90 bits per heavy atom. The average molecular weight is 338 g/mol. The molecule has 20 heavy (non-hydrogen) atoms. The van der Waals surface area contributed by atoms with Crippen molar-refractivity contribution in [3.05, 3.63) is 28.2 Å². The van der Waals surface area contributed by atoms with Crippen LogP contribution in [0.5, 0.6) is 0 Å². The molecule has 0 amide bonds. The maximum Gasteiger partial charge on any atom is 0.122 e. The number of anilines is 1. The molecular weight excluding hydrogens is 314 g/mol. The van der Waals surface area contributed by atoms with Gasteiger partial charge in [-0.2, -0.15) is 0 Å². The van der Waals surface area contributed by atoms with Crippen LogP contribution in [0.15, 0.2) is 22.7 Å². The van der Waals surface area contributed by atoms with Crippen LogP contribution in [0.1, 0.15) is 45.1 Å². The molecule has 0 saturated carbocycles. The zero-order chi connectivity index (χ0) is 14.8. The van der Waals surface area contributed by atoms with Crippen molar-refractivity contribution in [3.63, 3.8) is 0 Å². The second-order valence-corrected chi connectivity index (χ2v) is 6.63. The van der Waals surface area contributed by atoms with Crippen molar-refractivity contribution in [3.8, 4) is 0 Å². The van der Waals surface area contributed by atoms with Gasteiger partial charge >= 0.3 is 0 Å². The summed E-state index contributed by atoms with van der Waals surface area (Å²) in [6, 6.07) is 5.95. The first kappa shape index (κ1) is 15.4. The number of amidine groups is 1. The molecule has 1 aromatic rings.